The maximum atomic E-state index is 12.3. The number of carbonyl (C=O) groups excluding carboxylic acids is 2. The zero-order valence-corrected chi connectivity index (χ0v) is 15.4. The summed E-state index contributed by atoms with van der Waals surface area (Å²) in [4.78, 5) is 25.1. The second-order valence-electron chi connectivity index (χ2n) is 5.38. The predicted molar refractivity (Wildman–Crippen MR) is 68.9 cm³/mol. The molecule has 1 aliphatic heterocycles. The number of carboxylic acids is 1. The molecular formula is C15H18KNO3. The topological polar surface area (TPSA) is 60.4 Å². The number of carbonyl (C=O) groups is 2. The van der Waals surface area contributed by atoms with Crippen molar-refractivity contribution < 1.29 is 66.1 Å². The minimum atomic E-state index is -1.37. The zero-order valence-electron chi connectivity index (χ0n) is 12.3. The van der Waals surface area contributed by atoms with Gasteiger partial charge in [-0.05, 0) is 37.8 Å². The molecule has 0 radical (unpaired) electrons. The summed E-state index contributed by atoms with van der Waals surface area (Å²) >= 11 is 0. The molecule has 1 aliphatic rings. The first-order valence-corrected chi connectivity index (χ1v) is 6.50. The summed E-state index contributed by atoms with van der Waals surface area (Å²) in [6.07, 6.45) is 1.06. The van der Waals surface area contributed by atoms with Gasteiger partial charge in [0.05, 0.1) is 11.4 Å². The summed E-state index contributed by atoms with van der Waals surface area (Å²) < 4.78 is 0. The average molecular weight is 299 g/mol. The average Bonchev–Trinajstić information content (AvgIpc) is 2.37. The van der Waals surface area contributed by atoms with Gasteiger partial charge in [0.25, 0.3) is 0 Å². The van der Waals surface area contributed by atoms with E-state index >= 15 is 0 Å². The fourth-order valence-corrected chi connectivity index (χ4v) is 2.51. The molecule has 4 nitrogen and oxygen atoms in total. The number of aryl methyl sites for hydroxylation is 1. The first-order valence-electron chi connectivity index (χ1n) is 6.50. The van der Waals surface area contributed by atoms with Gasteiger partial charge in [-0.15, -0.1) is 0 Å². The summed E-state index contributed by atoms with van der Waals surface area (Å²) in [5.74, 6) is -1.60. The predicted octanol–water partition coefficient (Wildman–Crippen LogP) is -2.12. The molecule has 0 saturated carbocycles. The van der Waals surface area contributed by atoms with E-state index in [0.717, 1.165) is 11.1 Å². The number of aliphatic carboxylic acids is 1. The van der Waals surface area contributed by atoms with Crippen LogP contribution in [0, 0.1) is 12.3 Å². The van der Waals surface area contributed by atoms with Gasteiger partial charge in [-0.2, -0.15) is 0 Å². The van der Waals surface area contributed by atoms with Crippen LogP contribution in [0.15, 0.2) is 24.3 Å². The number of carboxylic acid groups (broad SMARTS) is 1. The Morgan fingerprint density at radius 1 is 1.40 bits per heavy atom. The normalized spacial score (nSPS) is 22.3. The number of hydrogen-bond acceptors (Lipinski definition) is 3. The Balaban J connectivity index is 0.00000200. The van der Waals surface area contributed by atoms with Crippen LogP contribution in [-0.2, 0) is 16.1 Å². The third-order valence-electron chi connectivity index (χ3n) is 3.94. The molecule has 1 aromatic rings. The standard InChI is InChI=1S/C15H19NO3.K/c1-11-6-3-4-7-12(11)10-16-9-5-8-15(2,13(16)17)14(18)19;/h3-4,6-7H,5,8-10H2,1-2H3,(H,18,19);/q;+1/p-1. The van der Waals surface area contributed by atoms with E-state index in [1.165, 1.54) is 6.92 Å². The van der Waals surface area contributed by atoms with Gasteiger partial charge in [-0.3, -0.25) is 4.79 Å². The molecule has 0 aliphatic carbocycles. The van der Waals surface area contributed by atoms with Crippen LogP contribution < -0.4 is 56.5 Å². The molecule has 1 saturated heterocycles. The van der Waals surface area contributed by atoms with Crippen LogP contribution in [-0.4, -0.2) is 23.3 Å². The maximum absolute atomic E-state index is 12.3. The molecule has 0 spiro atoms. The van der Waals surface area contributed by atoms with Gasteiger partial charge >= 0.3 is 51.4 Å². The van der Waals surface area contributed by atoms with E-state index in [0.29, 0.717) is 25.9 Å². The number of hydrogen-bond donors (Lipinski definition) is 0. The molecule has 0 bridgehead atoms. The van der Waals surface area contributed by atoms with Crippen LogP contribution in [0.1, 0.15) is 30.9 Å². The van der Waals surface area contributed by atoms with E-state index in [-0.39, 0.29) is 57.3 Å². The number of benzene rings is 1. The summed E-state index contributed by atoms with van der Waals surface area (Å²) in [5, 5.41) is 11.2. The number of rotatable bonds is 3. The molecule has 2 rings (SSSR count). The Labute approximate surface area is 162 Å². The number of nitrogens with zero attached hydrogens (tertiary/aromatic N) is 1. The molecule has 102 valence electrons. The molecule has 1 heterocycles. The Hall–Kier alpha value is -0.204. The van der Waals surface area contributed by atoms with Crippen LogP contribution in [0.25, 0.3) is 0 Å². The Morgan fingerprint density at radius 2 is 2.05 bits per heavy atom. The molecule has 1 aromatic carbocycles. The van der Waals surface area contributed by atoms with E-state index in [9.17, 15) is 14.7 Å². The quantitative estimate of drug-likeness (QED) is 0.473. The van der Waals surface area contributed by atoms with Crippen molar-refractivity contribution in [2.45, 2.75) is 33.2 Å². The van der Waals surface area contributed by atoms with Gasteiger partial charge in [-0.1, -0.05) is 24.3 Å². The molecule has 1 fully saturated rings. The van der Waals surface area contributed by atoms with E-state index in [1.807, 2.05) is 31.2 Å². The maximum Gasteiger partial charge on any atom is 1.00 e. The van der Waals surface area contributed by atoms with Gasteiger partial charge in [0.2, 0.25) is 5.91 Å². The molecule has 0 aromatic heterocycles. The number of amides is 1. The van der Waals surface area contributed by atoms with Crippen LogP contribution in [0.5, 0.6) is 0 Å². The largest absolute Gasteiger partial charge is 1.00 e. The van der Waals surface area contributed by atoms with Crippen molar-refractivity contribution >= 4 is 11.9 Å². The van der Waals surface area contributed by atoms with Gasteiger partial charge in [-0.25, -0.2) is 0 Å². The first-order chi connectivity index (χ1) is 8.95. The molecule has 0 N–H and O–H groups in total. The van der Waals surface area contributed by atoms with E-state index in [4.69, 9.17) is 0 Å². The van der Waals surface area contributed by atoms with Crippen LogP contribution >= 0.6 is 0 Å². The van der Waals surface area contributed by atoms with E-state index in [1.54, 1.807) is 4.90 Å². The first kappa shape index (κ1) is 17.8. The molecule has 5 heteroatoms. The van der Waals surface area contributed by atoms with Crippen LogP contribution in [0.2, 0.25) is 0 Å². The van der Waals surface area contributed by atoms with Crippen LogP contribution in [0.4, 0.5) is 0 Å². The minimum absolute atomic E-state index is 0. The molecule has 1 amide bonds. The summed E-state index contributed by atoms with van der Waals surface area (Å²) in [7, 11) is 0. The van der Waals surface area contributed by atoms with Gasteiger partial charge in [0, 0.05) is 13.1 Å². The molecule has 1 unspecified atom stereocenters. The second kappa shape index (κ2) is 7.18. The van der Waals surface area contributed by atoms with Gasteiger partial charge in [0.1, 0.15) is 0 Å². The SMILES string of the molecule is Cc1ccccc1CN1CCCC(C)(C(=O)[O-])C1=O.[K+]. The van der Waals surface area contributed by atoms with Crippen molar-refractivity contribution in [1.82, 2.24) is 4.90 Å². The van der Waals surface area contributed by atoms with E-state index in [2.05, 4.69) is 0 Å². The fourth-order valence-electron chi connectivity index (χ4n) is 2.51. The minimum Gasteiger partial charge on any atom is -0.549 e. The van der Waals surface area contributed by atoms with E-state index < -0.39 is 11.4 Å². The van der Waals surface area contributed by atoms with Crippen molar-refractivity contribution in [3.05, 3.63) is 35.4 Å². The molecule has 20 heavy (non-hydrogen) atoms. The van der Waals surface area contributed by atoms with Crippen molar-refractivity contribution in [1.29, 1.82) is 0 Å². The van der Waals surface area contributed by atoms with Crippen molar-refractivity contribution in [2.24, 2.45) is 5.41 Å². The monoisotopic (exact) mass is 299 g/mol. The van der Waals surface area contributed by atoms with Crippen molar-refractivity contribution in [2.75, 3.05) is 6.54 Å². The van der Waals surface area contributed by atoms with Crippen molar-refractivity contribution in [3.63, 3.8) is 0 Å². The summed E-state index contributed by atoms with van der Waals surface area (Å²) in [6, 6.07) is 7.83. The zero-order chi connectivity index (χ0) is 14.0. The summed E-state index contributed by atoms with van der Waals surface area (Å²) in [6.45, 7) is 4.53. The second-order valence-corrected chi connectivity index (χ2v) is 5.38. The Morgan fingerprint density at radius 3 is 2.65 bits per heavy atom. The number of likely N-dealkylation sites (tertiary alicyclic amines) is 1. The summed E-state index contributed by atoms with van der Waals surface area (Å²) in [5.41, 5.74) is 0.787. The molecule has 1 atom stereocenters. The number of piperidine rings is 1. The van der Waals surface area contributed by atoms with Crippen molar-refractivity contribution in [3.8, 4) is 0 Å². The Bertz CT molecular complexity index is 518. The fraction of sp³-hybridized carbons (Fsp3) is 0.467. The Kier molecular flexibility index (Phi) is 6.41. The third-order valence-corrected chi connectivity index (χ3v) is 3.94. The van der Waals surface area contributed by atoms with Gasteiger partial charge in [0.15, 0.2) is 0 Å². The molecular weight excluding hydrogens is 281 g/mol. The third kappa shape index (κ3) is 3.51. The van der Waals surface area contributed by atoms with Gasteiger partial charge < -0.3 is 14.8 Å². The smallest absolute Gasteiger partial charge is 0.549 e. The van der Waals surface area contributed by atoms with Crippen LogP contribution in [0.3, 0.4) is 0 Å².